The molecule has 0 spiro atoms. The Balaban J connectivity index is 3.36. The van der Waals surface area contributed by atoms with Crippen molar-refractivity contribution < 1.29 is 24.5 Å². The molecular weight excluding hydrogens is 971 g/mol. The Morgan fingerprint density at radius 1 is 0.354 bits per heavy atom. The van der Waals surface area contributed by atoms with Gasteiger partial charge >= 0.3 is 5.97 Å². The Labute approximate surface area is 493 Å². The second-order valence-corrected chi connectivity index (χ2v) is 24.2. The Hall–Kier alpha value is -2.18. The summed E-state index contributed by atoms with van der Waals surface area (Å²) in [4.78, 5) is 24.5. The van der Waals surface area contributed by atoms with Crippen LogP contribution in [0.3, 0.4) is 0 Å². The van der Waals surface area contributed by atoms with Gasteiger partial charge in [0.2, 0.25) is 5.91 Å². The third kappa shape index (κ3) is 64.8. The van der Waals surface area contributed by atoms with E-state index in [1.165, 1.54) is 302 Å². The van der Waals surface area contributed by atoms with Gasteiger partial charge in [0.05, 0.1) is 25.4 Å². The Morgan fingerprint density at radius 3 is 0.975 bits per heavy atom. The van der Waals surface area contributed by atoms with E-state index >= 15 is 0 Å². The first kappa shape index (κ1) is 76.8. The van der Waals surface area contributed by atoms with Gasteiger partial charge in [0.15, 0.2) is 0 Å². The number of amides is 1. The average molecular weight is 1110 g/mol. The van der Waals surface area contributed by atoms with Crippen LogP contribution in [-0.2, 0) is 14.3 Å². The molecule has 79 heavy (non-hydrogen) atoms. The summed E-state index contributed by atoms with van der Waals surface area (Å²) in [6.45, 7) is 4.90. The largest absolute Gasteiger partial charge is 0.466 e. The summed E-state index contributed by atoms with van der Waals surface area (Å²) in [7, 11) is 0. The van der Waals surface area contributed by atoms with Gasteiger partial charge in [-0.15, -0.1) is 0 Å². The van der Waals surface area contributed by atoms with Gasteiger partial charge in [0.25, 0.3) is 0 Å². The van der Waals surface area contributed by atoms with E-state index < -0.39 is 12.1 Å². The molecule has 0 bridgehead atoms. The minimum absolute atomic E-state index is 0.0136. The molecule has 1 amide bonds. The topological polar surface area (TPSA) is 95.9 Å². The number of ether oxygens (including phenoxy) is 1. The first-order valence-electron chi connectivity index (χ1n) is 35.4. The van der Waals surface area contributed by atoms with Crippen molar-refractivity contribution in [1.82, 2.24) is 5.32 Å². The van der Waals surface area contributed by atoms with E-state index in [9.17, 15) is 19.8 Å². The molecule has 6 nitrogen and oxygen atoms in total. The molecule has 2 atom stereocenters. The smallest absolute Gasteiger partial charge is 0.305 e. The van der Waals surface area contributed by atoms with Crippen molar-refractivity contribution in [2.24, 2.45) is 0 Å². The third-order valence-electron chi connectivity index (χ3n) is 16.3. The summed E-state index contributed by atoms with van der Waals surface area (Å²) < 4.78 is 5.51. The highest BCUT2D eigenvalue weighted by Crippen LogP contribution is 2.18. The Morgan fingerprint density at radius 2 is 0.633 bits per heavy atom. The fourth-order valence-corrected chi connectivity index (χ4v) is 10.9. The van der Waals surface area contributed by atoms with E-state index in [0.29, 0.717) is 19.4 Å². The number of aliphatic hydroxyl groups is 2. The van der Waals surface area contributed by atoms with Crippen LogP contribution in [0.5, 0.6) is 0 Å². The molecule has 2 unspecified atom stereocenters. The zero-order chi connectivity index (χ0) is 57.1. The van der Waals surface area contributed by atoms with E-state index in [-0.39, 0.29) is 18.5 Å². The predicted octanol–water partition coefficient (Wildman–Crippen LogP) is 22.9. The molecule has 464 valence electrons. The lowest BCUT2D eigenvalue weighted by atomic mass is 10.0. The van der Waals surface area contributed by atoms with Gasteiger partial charge < -0.3 is 20.3 Å². The Kier molecular flexibility index (Phi) is 66.4. The molecule has 0 saturated heterocycles. The van der Waals surface area contributed by atoms with Crippen molar-refractivity contribution in [2.75, 3.05) is 13.2 Å². The second kappa shape index (κ2) is 68.3. The molecule has 0 fully saturated rings. The first-order valence-corrected chi connectivity index (χ1v) is 35.4. The second-order valence-electron chi connectivity index (χ2n) is 24.2. The van der Waals surface area contributed by atoms with E-state index in [4.69, 9.17) is 4.74 Å². The highest BCUT2D eigenvalue weighted by Gasteiger charge is 2.18. The van der Waals surface area contributed by atoms with Crippen LogP contribution in [0.25, 0.3) is 0 Å². The standard InChI is InChI=1S/C73H137NO5/c1-3-5-7-9-11-13-15-16-17-18-34-38-41-44-47-51-55-59-63-67-73(78)79-68-64-60-56-52-48-45-42-39-36-33-31-29-27-25-23-21-19-20-22-24-26-28-30-32-35-37-40-43-46-50-54-58-62-66-72(77)74-70(69-75)71(76)65-61-57-53-49-14-12-10-8-6-4-2/h16-17,23,25,29,31,61,65,70-71,75-76H,3-15,18-22,24,26-28,30,32-60,62-64,66-69H2,1-2H3,(H,74,77)/b17-16-,25-23-,31-29-,65-61+. The molecule has 0 radical (unpaired) electrons. The van der Waals surface area contributed by atoms with E-state index in [2.05, 4.69) is 55.6 Å². The third-order valence-corrected chi connectivity index (χ3v) is 16.3. The van der Waals surface area contributed by atoms with E-state index in [0.717, 1.165) is 51.4 Å². The van der Waals surface area contributed by atoms with Crippen LogP contribution in [0.4, 0.5) is 0 Å². The quantitative estimate of drug-likeness (QED) is 0.0320. The van der Waals surface area contributed by atoms with Crippen molar-refractivity contribution in [3.05, 3.63) is 48.6 Å². The number of unbranched alkanes of at least 4 members (excludes halogenated alkanes) is 49. The van der Waals surface area contributed by atoms with Crippen molar-refractivity contribution in [3.8, 4) is 0 Å². The maximum atomic E-state index is 12.4. The minimum atomic E-state index is -0.842. The van der Waals surface area contributed by atoms with Crippen molar-refractivity contribution in [2.45, 2.75) is 392 Å². The van der Waals surface area contributed by atoms with Crippen LogP contribution < -0.4 is 5.32 Å². The molecule has 0 aliphatic heterocycles. The SMILES string of the molecule is CCCCCCCC/C=C\CCCCCCCCCCCC(=O)OCCCCCCCCCCC/C=C\C/C=C\CCCCCCCCCCCCCCCCCCCC(=O)NC(CO)C(O)/C=C/CCCCCCCCCC. The average Bonchev–Trinajstić information content (AvgIpc) is 3.45. The number of rotatable bonds is 66. The van der Waals surface area contributed by atoms with Crippen LogP contribution in [0.15, 0.2) is 48.6 Å². The zero-order valence-electron chi connectivity index (χ0n) is 53.1. The number of carbonyl (C=O) groups excluding carboxylic acids is 2. The number of aliphatic hydroxyl groups excluding tert-OH is 2. The summed E-state index contributed by atoms with van der Waals surface area (Å²) in [6.07, 6.45) is 89.2. The molecule has 0 aromatic rings. The number of allylic oxidation sites excluding steroid dienone is 7. The summed E-state index contributed by atoms with van der Waals surface area (Å²) in [5.41, 5.74) is 0. The van der Waals surface area contributed by atoms with Gasteiger partial charge in [-0.05, 0) is 89.9 Å². The first-order chi connectivity index (χ1) is 39.0. The molecule has 3 N–H and O–H groups in total. The molecule has 0 saturated carbocycles. The number of nitrogens with one attached hydrogen (secondary N) is 1. The highest BCUT2D eigenvalue weighted by molar-refractivity contribution is 5.76. The summed E-state index contributed by atoms with van der Waals surface area (Å²) in [5.74, 6) is -0.0536. The summed E-state index contributed by atoms with van der Waals surface area (Å²) in [6, 6.07) is -0.625. The summed E-state index contributed by atoms with van der Waals surface area (Å²) >= 11 is 0. The van der Waals surface area contributed by atoms with Crippen LogP contribution in [0.2, 0.25) is 0 Å². The van der Waals surface area contributed by atoms with Gasteiger partial charge in [-0.2, -0.15) is 0 Å². The van der Waals surface area contributed by atoms with Crippen LogP contribution in [-0.4, -0.2) is 47.4 Å². The van der Waals surface area contributed by atoms with Crippen LogP contribution in [0, 0.1) is 0 Å². The number of hydrogen-bond acceptors (Lipinski definition) is 5. The van der Waals surface area contributed by atoms with Crippen molar-refractivity contribution in [3.63, 3.8) is 0 Å². The van der Waals surface area contributed by atoms with Crippen LogP contribution >= 0.6 is 0 Å². The van der Waals surface area contributed by atoms with E-state index in [1.807, 2.05) is 6.08 Å². The zero-order valence-corrected chi connectivity index (χ0v) is 53.1. The maximum Gasteiger partial charge on any atom is 0.305 e. The van der Waals surface area contributed by atoms with Crippen LogP contribution in [0.1, 0.15) is 380 Å². The molecule has 0 aromatic carbocycles. The van der Waals surface area contributed by atoms with Gasteiger partial charge in [0, 0.05) is 12.8 Å². The normalized spacial score (nSPS) is 12.8. The lowest BCUT2D eigenvalue weighted by Crippen LogP contribution is -2.45. The molecule has 0 aliphatic rings. The number of esters is 1. The number of hydrogen-bond donors (Lipinski definition) is 3. The molecule has 6 heteroatoms. The molecular formula is C73H137NO5. The van der Waals surface area contributed by atoms with Crippen molar-refractivity contribution >= 4 is 11.9 Å². The lowest BCUT2D eigenvalue weighted by molar-refractivity contribution is -0.143. The van der Waals surface area contributed by atoms with E-state index in [1.54, 1.807) is 6.08 Å². The summed E-state index contributed by atoms with van der Waals surface area (Å²) in [5, 5.41) is 23.0. The van der Waals surface area contributed by atoms with Gasteiger partial charge in [-0.3, -0.25) is 9.59 Å². The fourth-order valence-electron chi connectivity index (χ4n) is 10.9. The molecule has 0 aliphatic carbocycles. The highest BCUT2D eigenvalue weighted by atomic mass is 16.5. The Bertz CT molecular complexity index is 1320. The minimum Gasteiger partial charge on any atom is -0.466 e. The van der Waals surface area contributed by atoms with Gasteiger partial charge in [-0.1, -0.05) is 326 Å². The monoisotopic (exact) mass is 1110 g/mol. The van der Waals surface area contributed by atoms with Crippen molar-refractivity contribution in [1.29, 1.82) is 0 Å². The van der Waals surface area contributed by atoms with Gasteiger partial charge in [0.1, 0.15) is 0 Å². The molecule has 0 aromatic heterocycles. The number of carbonyl (C=O) groups is 2. The molecule has 0 rings (SSSR count). The lowest BCUT2D eigenvalue weighted by Gasteiger charge is -2.20. The fraction of sp³-hybridized carbons (Fsp3) is 0.863. The molecule has 0 heterocycles. The van der Waals surface area contributed by atoms with Gasteiger partial charge in [-0.25, -0.2) is 0 Å². The predicted molar refractivity (Wildman–Crippen MR) is 347 cm³/mol. The maximum absolute atomic E-state index is 12.4.